The van der Waals surface area contributed by atoms with Crippen molar-refractivity contribution in [2.24, 2.45) is 0 Å². The van der Waals surface area contributed by atoms with Gasteiger partial charge in [-0.1, -0.05) is 20.3 Å². The summed E-state index contributed by atoms with van der Waals surface area (Å²) < 4.78 is 12.7. The van der Waals surface area contributed by atoms with Crippen molar-refractivity contribution in [2.45, 2.75) is 33.1 Å². The molecule has 3 heteroatoms. The number of allylic oxidation sites excluding steroid dienone is 1. The molecule has 0 aliphatic heterocycles. The summed E-state index contributed by atoms with van der Waals surface area (Å²) in [4.78, 5) is 10.1. The molecule has 1 N–H and O–H groups in total. The zero-order valence-electron chi connectivity index (χ0n) is 6.85. The molecule has 11 heavy (non-hydrogen) atoms. The smallest absolute Gasteiger partial charge is 0.364 e. The highest BCUT2D eigenvalue weighted by atomic mass is 19.1. The van der Waals surface area contributed by atoms with Crippen LogP contribution in [-0.4, -0.2) is 11.1 Å². The third-order valence-corrected chi connectivity index (χ3v) is 1.48. The summed E-state index contributed by atoms with van der Waals surface area (Å²) >= 11 is 0. The summed E-state index contributed by atoms with van der Waals surface area (Å²) in [6.45, 7) is 3.65. The molecule has 0 aliphatic carbocycles. The van der Waals surface area contributed by atoms with Crippen molar-refractivity contribution < 1.29 is 14.3 Å². The second-order valence-electron chi connectivity index (χ2n) is 2.33. The van der Waals surface area contributed by atoms with Crippen molar-refractivity contribution in [2.75, 3.05) is 0 Å². The van der Waals surface area contributed by atoms with Crippen LogP contribution < -0.4 is 0 Å². The quantitative estimate of drug-likeness (QED) is 0.641. The lowest BCUT2D eigenvalue weighted by Crippen LogP contribution is -1.99. The molecular weight excluding hydrogens is 147 g/mol. The first-order chi connectivity index (χ1) is 5.13. The van der Waals surface area contributed by atoms with E-state index >= 15 is 0 Å². The second kappa shape index (κ2) is 4.88. The van der Waals surface area contributed by atoms with E-state index in [0.717, 1.165) is 6.42 Å². The summed E-state index contributed by atoms with van der Waals surface area (Å²) in [5.74, 6) is -2.43. The summed E-state index contributed by atoms with van der Waals surface area (Å²) in [5, 5.41) is 8.28. The van der Waals surface area contributed by atoms with Crippen molar-refractivity contribution in [1.82, 2.24) is 0 Å². The van der Waals surface area contributed by atoms with Gasteiger partial charge < -0.3 is 5.11 Å². The van der Waals surface area contributed by atoms with Crippen LogP contribution >= 0.6 is 0 Å². The van der Waals surface area contributed by atoms with Gasteiger partial charge in [-0.3, -0.25) is 0 Å². The van der Waals surface area contributed by atoms with E-state index in [4.69, 9.17) is 5.11 Å². The van der Waals surface area contributed by atoms with Crippen molar-refractivity contribution in [3.8, 4) is 0 Å². The van der Waals surface area contributed by atoms with Gasteiger partial charge in [-0.05, 0) is 18.4 Å². The molecule has 0 aromatic rings. The maximum atomic E-state index is 12.7. The van der Waals surface area contributed by atoms with Gasteiger partial charge in [-0.25, -0.2) is 4.79 Å². The molecule has 0 rings (SSSR count). The van der Waals surface area contributed by atoms with E-state index in [2.05, 4.69) is 0 Å². The summed E-state index contributed by atoms with van der Waals surface area (Å²) in [6, 6.07) is 0. The van der Waals surface area contributed by atoms with Crippen molar-refractivity contribution in [1.29, 1.82) is 0 Å². The Labute approximate surface area is 65.7 Å². The van der Waals surface area contributed by atoms with Crippen molar-refractivity contribution in [3.63, 3.8) is 0 Å². The Morgan fingerprint density at radius 2 is 2.00 bits per heavy atom. The molecule has 0 aromatic carbocycles. The maximum absolute atomic E-state index is 12.7. The Balaban J connectivity index is 4.39. The van der Waals surface area contributed by atoms with E-state index in [1.54, 1.807) is 6.92 Å². The standard InChI is InChI=1S/C8H13FO2/c1-3-5-6(4-2)7(9)8(10)11/h3-5H2,1-2H3,(H,10,11). The molecule has 2 nitrogen and oxygen atoms in total. The van der Waals surface area contributed by atoms with Crippen molar-refractivity contribution >= 4 is 5.97 Å². The predicted molar refractivity (Wildman–Crippen MR) is 41.0 cm³/mol. The fourth-order valence-electron chi connectivity index (χ4n) is 0.895. The van der Waals surface area contributed by atoms with Crippen LogP contribution in [0, 0.1) is 0 Å². The molecule has 0 saturated carbocycles. The van der Waals surface area contributed by atoms with Gasteiger partial charge in [0.2, 0.25) is 5.83 Å². The number of halogens is 1. The molecule has 0 radical (unpaired) electrons. The van der Waals surface area contributed by atoms with Crippen LogP contribution in [0.25, 0.3) is 0 Å². The maximum Gasteiger partial charge on any atom is 0.364 e. The topological polar surface area (TPSA) is 37.3 Å². The number of aliphatic carboxylic acids is 1. The van der Waals surface area contributed by atoms with Gasteiger partial charge in [0.15, 0.2) is 0 Å². The van der Waals surface area contributed by atoms with Gasteiger partial charge in [-0.2, -0.15) is 4.39 Å². The molecule has 0 aromatic heterocycles. The van der Waals surface area contributed by atoms with E-state index in [0.29, 0.717) is 18.4 Å². The van der Waals surface area contributed by atoms with Gasteiger partial charge in [0.05, 0.1) is 0 Å². The first-order valence-electron chi connectivity index (χ1n) is 3.74. The van der Waals surface area contributed by atoms with E-state index in [9.17, 15) is 9.18 Å². The Kier molecular flexibility index (Phi) is 4.50. The molecule has 0 spiro atoms. The number of carboxylic acid groups (broad SMARTS) is 1. The Morgan fingerprint density at radius 3 is 2.27 bits per heavy atom. The molecule has 0 atom stereocenters. The first-order valence-corrected chi connectivity index (χ1v) is 3.74. The third-order valence-electron chi connectivity index (χ3n) is 1.48. The molecule has 0 heterocycles. The fraction of sp³-hybridized carbons (Fsp3) is 0.625. The molecule has 64 valence electrons. The van der Waals surface area contributed by atoms with Crippen LogP contribution in [0.2, 0.25) is 0 Å². The summed E-state index contributed by atoms with van der Waals surface area (Å²) in [5.41, 5.74) is 0.403. The largest absolute Gasteiger partial charge is 0.476 e. The number of carbonyl (C=O) groups is 1. The lowest BCUT2D eigenvalue weighted by molar-refractivity contribution is -0.134. The summed E-state index contributed by atoms with van der Waals surface area (Å²) in [7, 11) is 0. The highest BCUT2D eigenvalue weighted by molar-refractivity contribution is 5.84. The van der Waals surface area contributed by atoms with Gasteiger partial charge >= 0.3 is 5.97 Å². The van der Waals surface area contributed by atoms with Crippen LogP contribution in [0.3, 0.4) is 0 Å². The third kappa shape index (κ3) is 3.16. The average Bonchev–Trinajstić information content (AvgIpc) is 1.98. The number of rotatable bonds is 4. The number of hydrogen-bond acceptors (Lipinski definition) is 1. The summed E-state index contributed by atoms with van der Waals surface area (Å²) in [6.07, 6.45) is 1.80. The van der Waals surface area contributed by atoms with Crippen molar-refractivity contribution in [3.05, 3.63) is 11.4 Å². The number of hydrogen-bond donors (Lipinski definition) is 1. The van der Waals surface area contributed by atoms with Crippen LogP contribution in [0.5, 0.6) is 0 Å². The van der Waals surface area contributed by atoms with Crippen LogP contribution in [0.15, 0.2) is 11.4 Å². The molecule has 0 saturated heterocycles. The highest BCUT2D eigenvalue weighted by Gasteiger charge is 2.10. The highest BCUT2D eigenvalue weighted by Crippen LogP contribution is 2.15. The van der Waals surface area contributed by atoms with E-state index in [1.165, 1.54) is 0 Å². The van der Waals surface area contributed by atoms with E-state index < -0.39 is 11.8 Å². The zero-order chi connectivity index (χ0) is 8.85. The minimum absolute atomic E-state index is 0.403. The van der Waals surface area contributed by atoms with Crippen LogP contribution in [0.4, 0.5) is 4.39 Å². The van der Waals surface area contributed by atoms with Gasteiger partial charge in [0.25, 0.3) is 0 Å². The molecular formula is C8H13FO2. The number of carboxylic acids is 1. The SMILES string of the molecule is CCCC(CC)=C(F)C(=O)O. The predicted octanol–water partition coefficient (Wildman–Crippen LogP) is 2.50. The Bertz CT molecular complexity index is 173. The molecule has 0 aliphatic rings. The van der Waals surface area contributed by atoms with E-state index in [1.807, 2.05) is 6.92 Å². The minimum atomic E-state index is -1.45. The molecule has 0 amide bonds. The van der Waals surface area contributed by atoms with Gasteiger partial charge in [0.1, 0.15) is 0 Å². The lowest BCUT2D eigenvalue weighted by Gasteiger charge is -2.01. The first kappa shape index (κ1) is 10.1. The van der Waals surface area contributed by atoms with Gasteiger partial charge in [0, 0.05) is 0 Å². The Hall–Kier alpha value is -0.860. The zero-order valence-corrected chi connectivity index (χ0v) is 6.85. The van der Waals surface area contributed by atoms with E-state index in [-0.39, 0.29) is 0 Å². The molecule has 0 bridgehead atoms. The average molecular weight is 160 g/mol. The van der Waals surface area contributed by atoms with Crippen LogP contribution in [0.1, 0.15) is 33.1 Å². The molecule has 0 fully saturated rings. The fourth-order valence-corrected chi connectivity index (χ4v) is 0.895. The minimum Gasteiger partial charge on any atom is -0.476 e. The molecule has 0 unspecified atom stereocenters. The Morgan fingerprint density at radius 1 is 1.45 bits per heavy atom. The second-order valence-corrected chi connectivity index (χ2v) is 2.33. The lowest BCUT2D eigenvalue weighted by atomic mass is 10.1. The normalized spacial score (nSPS) is 12.6. The van der Waals surface area contributed by atoms with Gasteiger partial charge in [-0.15, -0.1) is 0 Å². The monoisotopic (exact) mass is 160 g/mol. The van der Waals surface area contributed by atoms with Crippen LogP contribution in [-0.2, 0) is 4.79 Å².